The van der Waals surface area contributed by atoms with Gasteiger partial charge in [-0.05, 0) is 73.9 Å². The minimum absolute atomic E-state index is 0.0811. The number of amides is 1. The third kappa shape index (κ3) is 2.97. The smallest absolute Gasteiger partial charge is 0.272 e. The highest BCUT2D eigenvalue weighted by atomic mass is 16.2. The van der Waals surface area contributed by atoms with Gasteiger partial charge in [-0.25, -0.2) is 4.98 Å². The summed E-state index contributed by atoms with van der Waals surface area (Å²) in [7, 11) is 0. The Morgan fingerprint density at radius 1 is 1.11 bits per heavy atom. The molecule has 1 aromatic carbocycles. The molecule has 5 rings (SSSR count). The van der Waals surface area contributed by atoms with E-state index in [-0.39, 0.29) is 5.91 Å². The number of hydrogen-bond acceptors (Lipinski definition) is 3. The molecule has 3 aromatic rings. The Morgan fingerprint density at radius 3 is 2.44 bits per heavy atom. The summed E-state index contributed by atoms with van der Waals surface area (Å²) in [5.74, 6) is 1.93. The first-order chi connectivity index (χ1) is 13.2. The number of fused-ring (bicyclic) bond motifs is 1. The van der Waals surface area contributed by atoms with Crippen molar-refractivity contribution in [3.05, 3.63) is 59.9 Å². The summed E-state index contributed by atoms with van der Waals surface area (Å²) in [6, 6.07) is 15.5. The number of benzene rings is 1. The highest BCUT2D eigenvalue weighted by Crippen LogP contribution is 2.44. The third-order valence-corrected chi connectivity index (χ3v) is 5.59. The van der Waals surface area contributed by atoms with Gasteiger partial charge in [0.15, 0.2) is 5.69 Å². The average molecular weight is 356 g/mol. The van der Waals surface area contributed by atoms with Crippen molar-refractivity contribution in [2.45, 2.75) is 31.7 Å². The Bertz CT molecular complexity index is 1040. The summed E-state index contributed by atoms with van der Waals surface area (Å²) in [6.07, 6.45) is 6.82. The lowest BCUT2D eigenvalue weighted by Gasteiger charge is -2.16. The number of rotatable bonds is 5. The van der Waals surface area contributed by atoms with E-state index in [9.17, 15) is 4.79 Å². The van der Waals surface area contributed by atoms with Crippen LogP contribution in [0.4, 0.5) is 0 Å². The normalized spacial score (nSPS) is 16.4. The number of nitrogens with one attached hydrogen (secondary N) is 1. The number of imidazole rings is 1. The zero-order valence-corrected chi connectivity index (χ0v) is 14.9. The zero-order valence-electron chi connectivity index (χ0n) is 14.9. The lowest BCUT2D eigenvalue weighted by Crippen LogP contribution is -2.38. The van der Waals surface area contributed by atoms with Gasteiger partial charge in [-0.1, -0.05) is 6.07 Å². The standard InChI is InChI=1S/C22H20N4O/c23-13-14-4-6-17(7-5-14)21-24-20(18-3-1-2-12-26(18)21)22(27)25-19(15-8-9-15)16-10-11-16/h1-7,12,15-16,19H,8-11H2,(H,25,27). The van der Waals surface area contributed by atoms with Gasteiger partial charge < -0.3 is 5.32 Å². The zero-order chi connectivity index (χ0) is 18.4. The number of nitriles is 1. The van der Waals surface area contributed by atoms with Crippen LogP contribution in [0, 0.1) is 23.2 Å². The molecule has 0 unspecified atom stereocenters. The summed E-state index contributed by atoms with van der Waals surface area (Å²) in [5, 5.41) is 12.3. The molecule has 27 heavy (non-hydrogen) atoms. The molecule has 2 aliphatic rings. The molecule has 0 spiro atoms. The van der Waals surface area contributed by atoms with Crippen LogP contribution in [0.25, 0.3) is 16.9 Å². The molecule has 0 saturated heterocycles. The van der Waals surface area contributed by atoms with Crippen LogP contribution in [0.2, 0.25) is 0 Å². The SMILES string of the molecule is N#Cc1ccc(-c2nc(C(=O)NC(C3CC3)C3CC3)c3ccccn23)cc1. The van der Waals surface area contributed by atoms with Crippen molar-refractivity contribution in [3.63, 3.8) is 0 Å². The van der Waals surface area contributed by atoms with Crippen LogP contribution in [0.3, 0.4) is 0 Å². The molecule has 0 radical (unpaired) electrons. The van der Waals surface area contributed by atoms with E-state index in [4.69, 9.17) is 10.2 Å². The van der Waals surface area contributed by atoms with Gasteiger partial charge in [-0.2, -0.15) is 5.26 Å². The van der Waals surface area contributed by atoms with Crippen LogP contribution in [0.15, 0.2) is 48.7 Å². The van der Waals surface area contributed by atoms with E-state index < -0.39 is 0 Å². The molecule has 2 aliphatic carbocycles. The average Bonchev–Trinajstić information content (AvgIpc) is 3.63. The van der Waals surface area contributed by atoms with E-state index >= 15 is 0 Å². The highest BCUT2D eigenvalue weighted by molar-refractivity contribution is 6.00. The molecule has 5 nitrogen and oxygen atoms in total. The minimum Gasteiger partial charge on any atom is -0.347 e. The summed E-state index contributed by atoms with van der Waals surface area (Å²) in [6.45, 7) is 0. The predicted molar refractivity (Wildman–Crippen MR) is 102 cm³/mol. The van der Waals surface area contributed by atoms with Crippen molar-refractivity contribution in [2.75, 3.05) is 0 Å². The molecule has 2 heterocycles. The first-order valence-electron chi connectivity index (χ1n) is 9.53. The fourth-order valence-electron chi connectivity index (χ4n) is 3.85. The van der Waals surface area contributed by atoms with Gasteiger partial charge >= 0.3 is 0 Å². The molecule has 0 aliphatic heterocycles. The van der Waals surface area contributed by atoms with Crippen LogP contribution < -0.4 is 5.32 Å². The Morgan fingerprint density at radius 2 is 1.81 bits per heavy atom. The number of carbonyl (C=O) groups is 1. The molecule has 134 valence electrons. The lowest BCUT2D eigenvalue weighted by molar-refractivity contribution is 0.0923. The van der Waals surface area contributed by atoms with Gasteiger partial charge in [0.25, 0.3) is 5.91 Å². The van der Waals surface area contributed by atoms with Crippen LogP contribution >= 0.6 is 0 Å². The van der Waals surface area contributed by atoms with E-state index in [1.165, 1.54) is 25.7 Å². The number of nitrogens with zero attached hydrogens (tertiary/aromatic N) is 3. The number of hydrogen-bond donors (Lipinski definition) is 1. The van der Waals surface area contributed by atoms with Gasteiger partial charge in [0.2, 0.25) is 0 Å². The first-order valence-corrected chi connectivity index (χ1v) is 9.53. The van der Waals surface area contributed by atoms with Crippen molar-refractivity contribution in [2.24, 2.45) is 11.8 Å². The van der Waals surface area contributed by atoms with E-state index in [1.54, 1.807) is 12.1 Å². The highest BCUT2D eigenvalue weighted by Gasteiger charge is 2.42. The van der Waals surface area contributed by atoms with E-state index in [0.717, 1.165) is 16.9 Å². The second-order valence-electron chi connectivity index (χ2n) is 7.60. The van der Waals surface area contributed by atoms with E-state index in [2.05, 4.69) is 11.4 Å². The molecule has 0 bridgehead atoms. The molecule has 2 saturated carbocycles. The van der Waals surface area contributed by atoms with Crippen LogP contribution in [-0.4, -0.2) is 21.3 Å². The maximum absolute atomic E-state index is 13.0. The van der Waals surface area contributed by atoms with Crippen molar-refractivity contribution in [3.8, 4) is 17.5 Å². The first kappa shape index (κ1) is 16.1. The molecular weight excluding hydrogens is 336 g/mol. The summed E-state index contributed by atoms with van der Waals surface area (Å²) in [4.78, 5) is 17.7. The summed E-state index contributed by atoms with van der Waals surface area (Å²) >= 11 is 0. The van der Waals surface area contributed by atoms with Gasteiger partial charge in [0.1, 0.15) is 5.82 Å². The van der Waals surface area contributed by atoms with Gasteiger partial charge in [-0.15, -0.1) is 0 Å². The van der Waals surface area contributed by atoms with E-state index in [1.807, 2.05) is 40.9 Å². The maximum atomic E-state index is 13.0. The van der Waals surface area contributed by atoms with Crippen LogP contribution in [0.1, 0.15) is 41.7 Å². The molecule has 5 heteroatoms. The maximum Gasteiger partial charge on any atom is 0.272 e. The van der Waals surface area contributed by atoms with Crippen LogP contribution in [-0.2, 0) is 0 Å². The number of carbonyl (C=O) groups excluding carboxylic acids is 1. The molecular formula is C22H20N4O. The Hall–Kier alpha value is -3.13. The predicted octanol–water partition coefficient (Wildman–Crippen LogP) is 3.79. The van der Waals surface area contributed by atoms with Gasteiger partial charge in [0, 0.05) is 17.8 Å². The lowest BCUT2D eigenvalue weighted by atomic mass is 10.1. The number of pyridine rings is 1. The van der Waals surface area contributed by atoms with Gasteiger partial charge in [-0.3, -0.25) is 9.20 Å². The van der Waals surface area contributed by atoms with Crippen LogP contribution in [0.5, 0.6) is 0 Å². The van der Waals surface area contributed by atoms with Gasteiger partial charge in [0.05, 0.1) is 17.1 Å². The fourth-order valence-corrected chi connectivity index (χ4v) is 3.85. The molecule has 1 N–H and O–H groups in total. The fraction of sp³-hybridized carbons (Fsp3) is 0.318. The van der Waals surface area contributed by atoms with Crippen molar-refractivity contribution < 1.29 is 4.79 Å². The Kier molecular flexibility index (Phi) is 3.71. The quantitative estimate of drug-likeness (QED) is 0.756. The molecule has 2 fully saturated rings. The summed E-state index contributed by atoms with van der Waals surface area (Å²) < 4.78 is 1.94. The van der Waals surface area contributed by atoms with Crippen molar-refractivity contribution in [1.82, 2.24) is 14.7 Å². The molecule has 2 aromatic heterocycles. The number of aromatic nitrogens is 2. The third-order valence-electron chi connectivity index (χ3n) is 5.59. The van der Waals surface area contributed by atoms with Crippen molar-refractivity contribution >= 4 is 11.4 Å². The second-order valence-corrected chi connectivity index (χ2v) is 7.60. The minimum atomic E-state index is -0.0811. The Labute approximate surface area is 157 Å². The molecule has 0 atom stereocenters. The molecule has 1 amide bonds. The van der Waals surface area contributed by atoms with Crippen molar-refractivity contribution in [1.29, 1.82) is 5.26 Å². The monoisotopic (exact) mass is 356 g/mol. The summed E-state index contributed by atoms with van der Waals surface area (Å²) in [5.41, 5.74) is 2.77. The largest absolute Gasteiger partial charge is 0.347 e. The second kappa shape index (κ2) is 6.24. The Balaban J connectivity index is 1.52. The van der Waals surface area contributed by atoms with E-state index in [0.29, 0.717) is 29.1 Å². The topological polar surface area (TPSA) is 70.2 Å².